The van der Waals surface area contributed by atoms with Crippen molar-refractivity contribution < 1.29 is 9.13 Å². The third-order valence-electron chi connectivity index (χ3n) is 5.03. The number of alkyl halides is 1. The summed E-state index contributed by atoms with van der Waals surface area (Å²) in [6.45, 7) is 6.31. The van der Waals surface area contributed by atoms with E-state index >= 15 is 0 Å². The van der Waals surface area contributed by atoms with Gasteiger partial charge in [0.25, 0.3) is 0 Å². The van der Waals surface area contributed by atoms with E-state index in [0.717, 1.165) is 23.1 Å². The average molecular weight is 407 g/mol. The summed E-state index contributed by atoms with van der Waals surface area (Å²) in [5.41, 5.74) is 4.39. The Hall–Kier alpha value is -2.75. The Balaban J connectivity index is 1.60. The van der Waals surface area contributed by atoms with Crippen molar-refractivity contribution in [3.05, 3.63) is 66.5 Å². The van der Waals surface area contributed by atoms with E-state index in [0.29, 0.717) is 23.9 Å². The van der Waals surface area contributed by atoms with Crippen LogP contribution in [0.4, 0.5) is 4.39 Å². The predicted octanol–water partition coefficient (Wildman–Crippen LogP) is 6.92. The topological polar surface area (TPSA) is 35.0 Å². The van der Waals surface area contributed by atoms with Gasteiger partial charge in [-0.15, -0.1) is 0 Å². The second kappa shape index (κ2) is 10.9. The zero-order valence-electron chi connectivity index (χ0n) is 18.1. The fourth-order valence-corrected chi connectivity index (χ4v) is 3.34. The average Bonchev–Trinajstić information content (AvgIpc) is 2.77. The van der Waals surface area contributed by atoms with Crippen LogP contribution in [0.15, 0.2) is 60.9 Å². The normalized spacial score (nSPS) is 12.2. The lowest BCUT2D eigenvalue weighted by Crippen LogP contribution is -2.15. The molecular weight excluding hydrogens is 375 g/mol. The Morgan fingerprint density at radius 2 is 1.50 bits per heavy atom. The van der Waals surface area contributed by atoms with Gasteiger partial charge in [-0.25, -0.2) is 14.4 Å². The molecule has 4 heteroatoms. The minimum atomic E-state index is -0.943. The molecule has 2 aromatic carbocycles. The fourth-order valence-electron chi connectivity index (χ4n) is 3.34. The lowest BCUT2D eigenvalue weighted by Gasteiger charge is -2.12. The summed E-state index contributed by atoms with van der Waals surface area (Å²) in [5, 5.41) is 0. The van der Waals surface area contributed by atoms with Crippen LogP contribution in [0.3, 0.4) is 0 Å². The molecule has 0 spiro atoms. The van der Waals surface area contributed by atoms with Crippen molar-refractivity contribution in [3.63, 3.8) is 0 Å². The first kappa shape index (κ1) is 21.9. The minimum absolute atomic E-state index is 0.0833. The second-order valence-corrected chi connectivity index (χ2v) is 8.16. The molecule has 1 heterocycles. The number of aromatic nitrogens is 2. The van der Waals surface area contributed by atoms with E-state index in [-0.39, 0.29) is 6.61 Å². The SMILES string of the molecule is CCCCc1ccc(-c2cnc(-c3ccc(OCC(F)CC(C)C)cc3)nc2)cc1. The third-order valence-corrected chi connectivity index (χ3v) is 5.03. The molecule has 3 nitrogen and oxygen atoms in total. The molecule has 0 N–H and O–H groups in total. The van der Waals surface area contributed by atoms with Crippen molar-refractivity contribution in [2.75, 3.05) is 6.61 Å². The van der Waals surface area contributed by atoms with Crippen LogP contribution in [0.5, 0.6) is 5.75 Å². The number of hydrogen-bond donors (Lipinski definition) is 0. The van der Waals surface area contributed by atoms with Gasteiger partial charge in [-0.2, -0.15) is 0 Å². The minimum Gasteiger partial charge on any atom is -0.491 e. The fraction of sp³-hybridized carbons (Fsp3) is 0.385. The standard InChI is InChI=1S/C26H31FN2O/c1-4-5-6-20-7-9-21(10-8-20)23-16-28-26(29-17-23)22-11-13-25(14-12-22)30-18-24(27)15-19(2)3/h7-14,16-17,19,24H,4-6,15,18H2,1-3H3. The molecule has 0 fully saturated rings. The van der Waals surface area contributed by atoms with Crippen molar-refractivity contribution >= 4 is 0 Å². The molecule has 0 aliphatic carbocycles. The Morgan fingerprint density at radius 1 is 0.867 bits per heavy atom. The van der Waals surface area contributed by atoms with Gasteiger partial charge < -0.3 is 4.74 Å². The molecule has 1 unspecified atom stereocenters. The molecule has 0 aliphatic heterocycles. The van der Waals surface area contributed by atoms with Crippen LogP contribution < -0.4 is 4.74 Å². The van der Waals surface area contributed by atoms with E-state index in [1.807, 2.05) is 50.5 Å². The number of rotatable bonds is 10. The first-order chi connectivity index (χ1) is 14.5. The summed E-state index contributed by atoms with van der Waals surface area (Å²) in [7, 11) is 0. The number of halogens is 1. The van der Waals surface area contributed by atoms with Gasteiger partial charge in [0.05, 0.1) is 0 Å². The van der Waals surface area contributed by atoms with Crippen LogP contribution in [-0.4, -0.2) is 22.7 Å². The molecule has 0 aliphatic rings. The van der Waals surface area contributed by atoms with E-state index < -0.39 is 6.17 Å². The first-order valence-electron chi connectivity index (χ1n) is 10.8. The molecule has 1 aromatic heterocycles. The number of benzene rings is 2. The maximum atomic E-state index is 13.8. The van der Waals surface area contributed by atoms with Crippen LogP contribution in [0.1, 0.15) is 45.6 Å². The predicted molar refractivity (Wildman–Crippen MR) is 121 cm³/mol. The van der Waals surface area contributed by atoms with Gasteiger partial charge in [0.1, 0.15) is 18.5 Å². The maximum Gasteiger partial charge on any atom is 0.159 e. The van der Waals surface area contributed by atoms with Crippen LogP contribution in [-0.2, 0) is 6.42 Å². The smallest absolute Gasteiger partial charge is 0.159 e. The molecule has 0 amide bonds. The quantitative estimate of drug-likeness (QED) is 0.367. The number of nitrogens with zero attached hydrogens (tertiary/aromatic N) is 2. The van der Waals surface area contributed by atoms with Crippen LogP contribution >= 0.6 is 0 Å². The maximum absolute atomic E-state index is 13.8. The molecule has 3 rings (SSSR count). The number of aryl methyl sites for hydroxylation is 1. The van der Waals surface area contributed by atoms with Gasteiger partial charge in [-0.3, -0.25) is 0 Å². The highest BCUT2D eigenvalue weighted by Crippen LogP contribution is 2.23. The van der Waals surface area contributed by atoms with Gasteiger partial charge in [0.15, 0.2) is 5.82 Å². The van der Waals surface area contributed by atoms with Crippen LogP contribution in [0.2, 0.25) is 0 Å². The van der Waals surface area contributed by atoms with Crippen molar-refractivity contribution in [1.82, 2.24) is 9.97 Å². The summed E-state index contributed by atoms with van der Waals surface area (Å²) in [4.78, 5) is 9.04. The summed E-state index contributed by atoms with van der Waals surface area (Å²) < 4.78 is 19.3. The van der Waals surface area contributed by atoms with Crippen molar-refractivity contribution in [2.45, 2.75) is 52.6 Å². The Morgan fingerprint density at radius 3 is 2.10 bits per heavy atom. The molecule has 1 atom stereocenters. The zero-order valence-corrected chi connectivity index (χ0v) is 18.1. The third kappa shape index (κ3) is 6.38. The molecule has 0 bridgehead atoms. The molecule has 0 saturated heterocycles. The Kier molecular flexibility index (Phi) is 7.95. The first-order valence-corrected chi connectivity index (χ1v) is 10.8. The van der Waals surface area contributed by atoms with Gasteiger partial charge in [0.2, 0.25) is 0 Å². The van der Waals surface area contributed by atoms with Gasteiger partial charge in [-0.05, 0) is 60.6 Å². The Labute approximate surface area is 179 Å². The van der Waals surface area contributed by atoms with E-state index in [4.69, 9.17) is 4.74 Å². The summed E-state index contributed by atoms with van der Waals surface area (Å²) in [6, 6.07) is 16.1. The van der Waals surface area contributed by atoms with E-state index in [1.54, 1.807) is 0 Å². The highest BCUT2D eigenvalue weighted by Gasteiger charge is 2.10. The summed E-state index contributed by atoms with van der Waals surface area (Å²) in [6.07, 6.45) is 6.82. The molecular formula is C26H31FN2O. The van der Waals surface area contributed by atoms with Gasteiger partial charge in [0, 0.05) is 23.5 Å². The van der Waals surface area contributed by atoms with Crippen molar-refractivity contribution in [1.29, 1.82) is 0 Å². The highest BCUT2D eigenvalue weighted by molar-refractivity contribution is 5.64. The number of unbranched alkanes of at least 4 members (excludes halogenated alkanes) is 1. The summed E-state index contributed by atoms with van der Waals surface area (Å²) >= 11 is 0. The van der Waals surface area contributed by atoms with Gasteiger partial charge in [-0.1, -0.05) is 51.5 Å². The Bertz CT molecular complexity index is 890. The van der Waals surface area contributed by atoms with Crippen LogP contribution in [0, 0.1) is 5.92 Å². The lowest BCUT2D eigenvalue weighted by molar-refractivity contribution is 0.174. The van der Waals surface area contributed by atoms with Crippen molar-refractivity contribution in [2.24, 2.45) is 5.92 Å². The number of hydrogen-bond acceptors (Lipinski definition) is 3. The highest BCUT2D eigenvalue weighted by atomic mass is 19.1. The summed E-state index contributed by atoms with van der Waals surface area (Å²) in [5.74, 6) is 1.64. The van der Waals surface area contributed by atoms with E-state index in [2.05, 4.69) is 41.2 Å². The zero-order chi connectivity index (χ0) is 21.3. The largest absolute Gasteiger partial charge is 0.491 e. The monoisotopic (exact) mass is 406 g/mol. The van der Waals surface area contributed by atoms with E-state index in [1.165, 1.54) is 18.4 Å². The van der Waals surface area contributed by atoms with E-state index in [9.17, 15) is 4.39 Å². The van der Waals surface area contributed by atoms with Crippen LogP contribution in [0.25, 0.3) is 22.5 Å². The molecule has 30 heavy (non-hydrogen) atoms. The van der Waals surface area contributed by atoms with Crippen molar-refractivity contribution in [3.8, 4) is 28.3 Å². The lowest BCUT2D eigenvalue weighted by atomic mass is 10.0. The molecule has 0 saturated carbocycles. The molecule has 3 aromatic rings. The number of ether oxygens (including phenoxy) is 1. The molecule has 158 valence electrons. The second-order valence-electron chi connectivity index (χ2n) is 8.16. The molecule has 0 radical (unpaired) electrons. The van der Waals surface area contributed by atoms with Gasteiger partial charge >= 0.3 is 0 Å².